The lowest BCUT2D eigenvalue weighted by Crippen LogP contribution is -2.09. The first-order valence-electron chi connectivity index (χ1n) is 5.18. The van der Waals surface area contributed by atoms with Gasteiger partial charge in [0.15, 0.2) is 0 Å². The van der Waals surface area contributed by atoms with Crippen molar-refractivity contribution in [2.24, 2.45) is 0 Å². The summed E-state index contributed by atoms with van der Waals surface area (Å²) in [6, 6.07) is 7.01. The van der Waals surface area contributed by atoms with Crippen molar-refractivity contribution in [1.82, 2.24) is 0 Å². The van der Waals surface area contributed by atoms with E-state index in [1.807, 2.05) is 12.1 Å². The average Bonchev–Trinajstić information content (AvgIpc) is 2.18. The topological polar surface area (TPSA) is 40.5 Å². The van der Waals surface area contributed by atoms with Gasteiger partial charge in [-0.3, -0.25) is 0 Å². The lowest BCUT2D eigenvalue weighted by Gasteiger charge is -2.09. The second kappa shape index (κ2) is 5.66. The number of aliphatic hydroxyl groups is 1. The Kier molecular flexibility index (Phi) is 4.47. The molecule has 0 saturated carbocycles. The summed E-state index contributed by atoms with van der Waals surface area (Å²) < 4.78 is 0. The molecule has 0 aliphatic heterocycles. The molecule has 1 rings (SSSR count). The zero-order valence-corrected chi connectivity index (χ0v) is 8.61. The molecule has 0 fully saturated rings. The molecule has 0 aromatic heterocycles. The van der Waals surface area contributed by atoms with Crippen molar-refractivity contribution < 1.29 is 10.2 Å². The highest BCUT2D eigenvalue weighted by Gasteiger charge is 2.04. The van der Waals surface area contributed by atoms with E-state index in [0.717, 1.165) is 24.8 Å². The third kappa shape index (κ3) is 3.79. The molecule has 0 radical (unpaired) electrons. The first-order chi connectivity index (χ1) is 6.72. The molecule has 78 valence electrons. The minimum atomic E-state index is -0.250. The Morgan fingerprint density at radius 1 is 1.21 bits per heavy atom. The first kappa shape index (κ1) is 11.1. The Labute approximate surface area is 85.2 Å². The Balaban J connectivity index is 2.39. The summed E-state index contributed by atoms with van der Waals surface area (Å²) in [6.45, 7) is 2.12. The standard InChI is InChI=1S/C12H18O2/c1-2-3-4-12(14)9-10-5-7-11(13)8-6-10/h5-8,12-14H,2-4,9H2,1H3. The summed E-state index contributed by atoms with van der Waals surface area (Å²) in [4.78, 5) is 0. The van der Waals surface area contributed by atoms with Crippen LogP contribution in [0, 0.1) is 0 Å². The molecule has 0 aliphatic carbocycles. The van der Waals surface area contributed by atoms with Crippen molar-refractivity contribution in [3.63, 3.8) is 0 Å². The van der Waals surface area contributed by atoms with Gasteiger partial charge in [-0.15, -0.1) is 0 Å². The smallest absolute Gasteiger partial charge is 0.115 e. The van der Waals surface area contributed by atoms with E-state index >= 15 is 0 Å². The summed E-state index contributed by atoms with van der Waals surface area (Å²) in [7, 11) is 0. The second-order valence-electron chi connectivity index (χ2n) is 3.67. The molecule has 0 amide bonds. The van der Waals surface area contributed by atoms with Crippen LogP contribution in [0.15, 0.2) is 24.3 Å². The van der Waals surface area contributed by atoms with Gasteiger partial charge in [-0.05, 0) is 30.5 Å². The molecule has 0 spiro atoms. The SMILES string of the molecule is CCCCC(O)Cc1ccc(O)cc1. The Bertz CT molecular complexity index is 254. The van der Waals surface area contributed by atoms with Gasteiger partial charge in [0.1, 0.15) is 5.75 Å². The lowest BCUT2D eigenvalue weighted by molar-refractivity contribution is 0.162. The molecule has 0 saturated heterocycles. The van der Waals surface area contributed by atoms with Crippen molar-refractivity contribution in [1.29, 1.82) is 0 Å². The molecule has 1 aromatic carbocycles. The predicted molar refractivity (Wildman–Crippen MR) is 57.3 cm³/mol. The molecule has 1 atom stereocenters. The van der Waals surface area contributed by atoms with Crippen LogP contribution in [0.3, 0.4) is 0 Å². The minimum absolute atomic E-state index is 0.250. The molecular formula is C12H18O2. The van der Waals surface area contributed by atoms with E-state index in [-0.39, 0.29) is 11.9 Å². The number of aromatic hydroxyl groups is 1. The molecule has 0 bridgehead atoms. The third-order valence-electron chi connectivity index (χ3n) is 2.30. The fourth-order valence-corrected chi connectivity index (χ4v) is 1.45. The van der Waals surface area contributed by atoms with Gasteiger partial charge >= 0.3 is 0 Å². The van der Waals surface area contributed by atoms with Crippen LogP contribution in [0.4, 0.5) is 0 Å². The van der Waals surface area contributed by atoms with E-state index in [9.17, 15) is 5.11 Å². The van der Waals surface area contributed by atoms with E-state index in [4.69, 9.17) is 5.11 Å². The fourth-order valence-electron chi connectivity index (χ4n) is 1.45. The molecular weight excluding hydrogens is 176 g/mol. The molecule has 0 heterocycles. The Hall–Kier alpha value is -1.02. The highest BCUT2D eigenvalue weighted by molar-refractivity contribution is 5.26. The van der Waals surface area contributed by atoms with Gasteiger partial charge < -0.3 is 10.2 Å². The molecule has 2 nitrogen and oxygen atoms in total. The maximum atomic E-state index is 9.64. The Morgan fingerprint density at radius 3 is 2.43 bits per heavy atom. The monoisotopic (exact) mass is 194 g/mol. The Morgan fingerprint density at radius 2 is 1.86 bits per heavy atom. The van der Waals surface area contributed by atoms with Gasteiger partial charge in [0, 0.05) is 0 Å². The van der Waals surface area contributed by atoms with Crippen molar-refractivity contribution in [3.05, 3.63) is 29.8 Å². The van der Waals surface area contributed by atoms with Crippen LogP contribution in [-0.4, -0.2) is 16.3 Å². The van der Waals surface area contributed by atoms with Gasteiger partial charge in [-0.2, -0.15) is 0 Å². The third-order valence-corrected chi connectivity index (χ3v) is 2.30. The summed E-state index contributed by atoms with van der Waals surface area (Å²) >= 11 is 0. The van der Waals surface area contributed by atoms with E-state index in [1.54, 1.807) is 12.1 Å². The summed E-state index contributed by atoms with van der Waals surface area (Å²) in [5.41, 5.74) is 1.08. The predicted octanol–water partition coefficient (Wildman–Crippen LogP) is 2.49. The van der Waals surface area contributed by atoms with Crippen molar-refractivity contribution in [2.75, 3.05) is 0 Å². The van der Waals surface area contributed by atoms with E-state index in [2.05, 4.69) is 6.92 Å². The maximum Gasteiger partial charge on any atom is 0.115 e. The summed E-state index contributed by atoms with van der Waals surface area (Å²) in [5, 5.41) is 18.7. The fraction of sp³-hybridized carbons (Fsp3) is 0.500. The van der Waals surface area contributed by atoms with E-state index in [0.29, 0.717) is 6.42 Å². The molecule has 0 aliphatic rings. The van der Waals surface area contributed by atoms with Crippen molar-refractivity contribution in [3.8, 4) is 5.75 Å². The number of phenols is 1. The van der Waals surface area contributed by atoms with E-state index < -0.39 is 0 Å². The molecule has 1 aromatic rings. The quantitative estimate of drug-likeness (QED) is 0.756. The van der Waals surface area contributed by atoms with Crippen molar-refractivity contribution >= 4 is 0 Å². The van der Waals surface area contributed by atoms with Crippen LogP contribution < -0.4 is 0 Å². The van der Waals surface area contributed by atoms with Crippen molar-refractivity contribution in [2.45, 2.75) is 38.7 Å². The normalized spacial score (nSPS) is 12.7. The van der Waals surface area contributed by atoms with Crippen LogP contribution >= 0.6 is 0 Å². The number of rotatable bonds is 5. The second-order valence-corrected chi connectivity index (χ2v) is 3.67. The zero-order chi connectivity index (χ0) is 10.4. The lowest BCUT2D eigenvalue weighted by atomic mass is 10.0. The molecule has 14 heavy (non-hydrogen) atoms. The largest absolute Gasteiger partial charge is 0.508 e. The summed E-state index contributed by atoms with van der Waals surface area (Å²) in [5.74, 6) is 0.275. The maximum absolute atomic E-state index is 9.64. The van der Waals surface area contributed by atoms with E-state index in [1.165, 1.54) is 0 Å². The van der Waals surface area contributed by atoms with Crippen LogP contribution in [0.5, 0.6) is 5.75 Å². The zero-order valence-electron chi connectivity index (χ0n) is 8.61. The van der Waals surface area contributed by atoms with Crippen LogP contribution in [-0.2, 0) is 6.42 Å². The number of hydrogen-bond donors (Lipinski definition) is 2. The first-order valence-corrected chi connectivity index (χ1v) is 5.18. The van der Waals surface area contributed by atoms with Gasteiger partial charge in [-0.1, -0.05) is 31.9 Å². The van der Waals surface area contributed by atoms with Crippen LogP contribution in [0.1, 0.15) is 31.7 Å². The molecule has 2 heteroatoms. The van der Waals surface area contributed by atoms with Gasteiger partial charge in [0.05, 0.1) is 6.10 Å². The number of phenolic OH excluding ortho intramolecular Hbond substituents is 1. The van der Waals surface area contributed by atoms with Crippen LogP contribution in [0.25, 0.3) is 0 Å². The summed E-state index contributed by atoms with van der Waals surface area (Å²) in [6.07, 6.45) is 3.48. The minimum Gasteiger partial charge on any atom is -0.508 e. The molecule has 2 N–H and O–H groups in total. The van der Waals surface area contributed by atoms with Gasteiger partial charge in [0.25, 0.3) is 0 Å². The van der Waals surface area contributed by atoms with Gasteiger partial charge in [0.2, 0.25) is 0 Å². The van der Waals surface area contributed by atoms with Gasteiger partial charge in [-0.25, -0.2) is 0 Å². The van der Waals surface area contributed by atoms with Crippen LogP contribution in [0.2, 0.25) is 0 Å². The number of unbranched alkanes of at least 4 members (excludes halogenated alkanes) is 1. The molecule has 1 unspecified atom stereocenters. The number of hydrogen-bond acceptors (Lipinski definition) is 2. The number of benzene rings is 1. The highest BCUT2D eigenvalue weighted by atomic mass is 16.3. The average molecular weight is 194 g/mol. The highest BCUT2D eigenvalue weighted by Crippen LogP contribution is 2.13. The number of aliphatic hydroxyl groups excluding tert-OH is 1.